The molecule has 1 aliphatic rings. The summed E-state index contributed by atoms with van der Waals surface area (Å²) in [7, 11) is 1.52. The molecule has 5 heteroatoms. The molecular weight excluding hydrogens is 268 g/mol. The molecular formula is C16H24N2O3. The van der Waals surface area contributed by atoms with E-state index in [4.69, 9.17) is 10.5 Å². The molecule has 0 aliphatic heterocycles. The van der Waals surface area contributed by atoms with Crippen molar-refractivity contribution in [2.45, 2.75) is 25.7 Å². The van der Waals surface area contributed by atoms with Crippen molar-refractivity contribution in [2.24, 2.45) is 11.8 Å². The van der Waals surface area contributed by atoms with Crippen molar-refractivity contribution in [3.63, 3.8) is 0 Å². The van der Waals surface area contributed by atoms with Crippen LogP contribution in [0.4, 0.5) is 5.69 Å². The van der Waals surface area contributed by atoms with E-state index in [0.29, 0.717) is 35.4 Å². The molecule has 0 bridgehead atoms. The van der Waals surface area contributed by atoms with E-state index in [1.165, 1.54) is 20.0 Å². The summed E-state index contributed by atoms with van der Waals surface area (Å²) in [4.78, 5) is 12.3. The lowest BCUT2D eigenvalue weighted by Gasteiger charge is -2.30. The Hall–Kier alpha value is -1.75. The van der Waals surface area contributed by atoms with Gasteiger partial charge in [-0.25, -0.2) is 0 Å². The number of ether oxygens (including phenoxy) is 1. The van der Waals surface area contributed by atoms with Crippen LogP contribution in [0, 0.1) is 11.8 Å². The van der Waals surface area contributed by atoms with Gasteiger partial charge in [0.25, 0.3) is 5.91 Å². The smallest absolute Gasteiger partial charge is 0.255 e. The van der Waals surface area contributed by atoms with E-state index in [9.17, 15) is 9.90 Å². The number of nitrogen functional groups attached to an aromatic ring is 1. The zero-order chi connectivity index (χ0) is 15.2. The van der Waals surface area contributed by atoms with Crippen molar-refractivity contribution in [3.05, 3.63) is 23.8 Å². The molecule has 1 aliphatic carbocycles. The highest BCUT2D eigenvalue weighted by Gasteiger charge is 2.25. The average molecular weight is 292 g/mol. The number of aliphatic hydroxyl groups is 1. The number of hydrogen-bond donors (Lipinski definition) is 3. The van der Waals surface area contributed by atoms with E-state index >= 15 is 0 Å². The number of nitrogens with one attached hydrogen (secondary N) is 1. The van der Waals surface area contributed by atoms with Gasteiger partial charge in [0, 0.05) is 24.9 Å². The third-order valence-electron chi connectivity index (χ3n) is 4.30. The maximum atomic E-state index is 12.3. The van der Waals surface area contributed by atoms with Crippen LogP contribution in [0.1, 0.15) is 36.0 Å². The molecule has 2 rings (SSSR count). The summed E-state index contributed by atoms with van der Waals surface area (Å²) < 4.78 is 5.20. The zero-order valence-corrected chi connectivity index (χ0v) is 12.5. The summed E-state index contributed by atoms with van der Waals surface area (Å²) in [5, 5.41) is 12.4. The Bertz CT molecular complexity index is 490. The van der Waals surface area contributed by atoms with E-state index in [2.05, 4.69) is 5.32 Å². The van der Waals surface area contributed by atoms with Gasteiger partial charge >= 0.3 is 0 Å². The monoisotopic (exact) mass is 292 g/mol. The molecule has 4 N–H and O–H groups in total. The third-order valence-corrected chi connectivity index (χ3v) is 4.30. The summed E-state index contributed by atoms with van der Waals surface area (Å²) in [6.45, 7) is 0.795. The Kier molecular flexibility index (Phi) is 5.44. The molecule has 2 unspecified atom stereocenters. The number of carbonyl (C=O) groups is 1. The number of anilines is 1. The van der Waals surface area contributed by atoms with Crippen LogP contribution in [0.15, 0.2) is 18.2 Å². The van der Waals surface area contributed by atoms with E-state index in [1.807, 2.05) is 0 Å². The van der Waals surface area contributed by atoms with E-state index < -0.39 is 0 Å². The first-order valence-corrected chi connectivity index (χ1v) is 7.48. The molecule has 21 heavy (non-hydrogen) atoms. The van der Waals surface area contributed by atoms with Gasteiger partial charge in [-0.05, 0) is 36.8 Å². The molecule has 2 atom stereocenters. The molecule has 1 aromatic carbocycles. The predicted molar refractivity (Wildman–Crippen MR) is 82.3 cm³/mol. The van der Waals surface area contributed by atoms with Crippen LogP contribution < -0.4 is 15.8 Å². The summed E-state index contributed by atoms with van der Waals surface area (Å²) in [5.74, 6) is 0.976. The van der Waals surface area contributed by atoms with Crippen molar-refractivity contribution < 1.29 is 14.6 Å². The molecule has 1 aromatic rings. The molecule has 0 radical (unpaired) electrons. The largest absolute Gasteiger partial charge is 0.496 e. The number of aliphatic hydroxyl groups excluding tert-OH is 1. The Morgan fingerprint density at radius 2 is 2.10 bits per heavy atom. The zero-order valence-electron chi connectivity index (χ0n) is 12.5. The highest BCUT2D eigenvalue weighted by Crippen LogP contribution is 2.29. The molecule has 5 nitrogen and oxygen atoms in total. The highest BCUT2D eigenvalue weighted by molar-refractivity contribution is 5.97. The van der Waals surface area contributed by atoms with Gasteiger partial charge in [0.05, 0.1) is 12.7 Å². The standard InChI is InChI=1S/C16H24N2O3/c1-21-15-8-13(17)6-7-14(15)16(20)18-9-11-4-2-3-5-12(11)10-19/h6-8,11-12,19H,2-5,9-10,17H2,1H3,(H,18,20). The van der Waals surface area contributed by atoms with Gasteiger partial charge in [-0.3, -0.25) is 4.79 Å². The van der Waals surface area contributed by atoms with Crippen molar-refractivity contribution in [2.75, 3.05) is 26.0 Å². The lowest BCUT2D eigenvalue weighted by molar-refractivity contribution is 0.0906. The van der Waals surface area contributed by atoms with Crippen LogP contribution in [0.3, 0.4) is 0 Å². The van der Waals surface area contributed by atoms with Gasteiger partial charge in [0.2, 0.25) is 0 Å². The summed E-state index contributed by atoms with van der Waals surface area (Å²) in [5.41, 5.74) is 6.75. The molecule has 0 spiro atoms. The second-order valence-corrected chi connectivity index (χ2v) is 5.66. The Morgan fingerprint density at radius 3 is 2.76 bits per heavy atom. The van der Waals surface area contributed by atoms with Crippen LogP contribution in [-0.4, -0.2) is 31.3 Å². The maximum Gasteiger partial charge on any atom is 0.255 e. The van der Waals surface area contributed by atoms with Gasteiger partial charge in [0.15, 0.2) is 0 Å². The molecule has 1 saturated carbocycles. The minimum atomic E-state index is -0.158. The summed E-state index contributed by atoms with van der Waals surface area (Å²) in [6.07, 6.45) is 4.44. The fraction of sp³-hybridized carbons (Fsp3) is 0.562. The first kappa shape index (κ1) is 15.6. The Labute approximate surface area is 125 Å². The first-order valence-electron chi connectivity index (χ1n) is 7.48. The predicted octanol–water partition coefficient (Wildman–Crippen LogP) is 1.81. The van der Waals surface area contributed by atoms with Crippen LogP contribution in [0.5, 0.6) is 5.75 Å². The minimum absolute atomic E-state index is 0.158. The summed E-state index contributed by atoms with van der Waals surface area (Å²) in [6, 6.07) is 5.01. The van der Waals surface area contributed by atoms with Gasteiger partial charge in [-0.1, -0.05) is 12.8 Å². The van der Waals surface area contributed by atoms with Crippen LogP contribution in [0.2, 0.25) is 0 Å². The lowest BCUT2D eigenvalue weighted by atomic mass is 9.79. The number of rotatable bonds is 5. The molecule has 1 amide bonds. The normalized spacial score (nSPS) is 21.8. The number of hydrogen-bond acceptors (Lipinski definition) is 4. The van der Waals surface area contributed by atoms with Crippen molar-refractivity contribution in [1.29, 1.82) is 0 Å². The van der Waals surface area contributed by atoms with Gasteiger partial charge in [0.1, 0.15) is 5.75 Å². The molecule has 0 saturated heterocycles. The molecule has 0 heterocycles. The topological polar surface area (TPSA) is 84.6 Å². The number of amides is 1. The minimum Gasteiger partial charge on any atom is -0.496 e. The number of benzene rings is 1. The number of nitrogens with two attached hydrogens (primary N) is 1. The first-order chi connectivity index (χ1) is 10.2. The van der Waals surface area contributed by atoms with Crippen LogP contribution in [-0.2, 0) is 0 Å². The van der Waals surface area contributed by atoms with Crippen molar-refractivity contribution in [3.8, 4) is 5.75 Å². The maximum absolute atomic E-state index is 12.3. The quantitative estimate of drug-likeness (QED) is 0.723. The number of carbonyl (C=O) groups excluding carboxylic acids is 1. The highest BCUT2D eigenvalue weighted by atomic mass is 16.5. The van der Waals surface area contributed by atoms with E-state index in [1.54, 1.807) is 18.2 Å². The van der Waals surface area contributed by atoms with Crippen LogP contribution >= 0.6 is 0 Å². The Balaban J connectivity index is 1.98. The molecule has 1 fully saturated rings. The fourth-order valence-electron chi connectivity index (χ4n) is 3.01. The van der Waals surface area contributed by atoms with Gasteiger partial charge < -0.3 is 20.9 Å². The summed E-state index contributed by atoms with van der Waals surface area (Å²) >= 11 is 0. The van der Waals surface area contributed by atoms with Crippen molar-refractivity contribution in [1.82, 2.24) is 5.32 Å². The van der Waals surface area contributed by atoms with Gasteiger partial charge in [-0.15, -0.1) is 0 Å². The molecule has 116 valence electrons. The van der Waals surface area contributed by atoms with E-state index in [0.717, 1.165) is 12.8 Å². The second kappa shape index (κ2) is 7.31. The third kappa shape index (κ3) is 3.88. The van der Waals surface area contributed by atoms with Crippen LogP contribution in [0.25, 0.3) is 0 Å². The van der Waals surface area contributed by atoms with Gasteiger partial charge in [-0.2, -0.15) is 0 Å². The lowest BCUT2D eigenvalue weighted by Crippen LogP contribution is -2.35. The van der Waals surface area contributed by atoms with E-state index in [-0.39, 0.29) is 12.5 Å². The Morgan fingerprint density at radius 1 is 1.38 bits per heavy atom. The van der Waals surface area contributed by atoms with Crippen molar-refractivity contribution >= 4 is 11.6 Å². The number of methoxy groups -OCH3 is 1. The fourth-order valence-corrected chi connectivity index (χ4v) is 3.01. The SMILES string of the molecule is COc1cc(N)ccc1C(=O)NCC1CCCCC1CO. The molecule has 0 aromatic heterocycles. The average Bonchev–Trinajstić information content (AvgIpc) is 2.52. The second-order valence-electron chi connectivity index (χ2n) is 5.66.